The van der Waals surface area contributed by atoms with Crippen molar-refractivity contribution in [1.29, 1.82) is 0 Å². The van der Waals surface area contributed by atoms with Gasteiger partial charge in [-0.25, -0.2) is 0 Å². The maximum absolute atomic E-state index is 11.6. The van der Waals surface area contributed by atoms with Gasteiger partial charge in [-0.1, -0.05) is 0 Å². The third-order valence-electron chi connectivity index (χ3n) is 3.68. The Hall–Kier alpha value is -2.56. The summed E-state index contributed by atoms with van der Waals surface area (Å²) in [6.45, 7) is 3.53. The van der Waals surface area contributed by atoms with Crippen LogP contribution >= 0.6 is 0 Å². The monoisotopic (exact) mass is 285 g/mol. The molecule has 2 rings (SSSR count). The molecule has 2 aromatic rings. The summed E-state index contributed by atoms with van der Waals surface area (Å²) in [5.74, 6) is -0.517. The number of carbonyl (C=O) groups is 2. The number of hydrogen-bond donors (Lipinski definition) is 1. The summed E-state index contributed by atoms with van der Waals surface area (Å²) in [5.41, 5.74) is 9.47. The first-order chi connectivity index (χ1) is 9.88. The van der Waals surface area contributed by atoms with Gasteiger partial charge in [-0.2, -0.15) is 0 Å². The highest BCUT2D eigenvalue weighted by Gasteiger charge is 2.21. The van der Waals surface area contributed by atoms with Crippen LogP contribution in [0.1, 0.15) is 32.1 Å². The van der Waals surface area contributed by atoms with E-state index in [-0.39, 0.29) is 0 Å². The lowest BCUT2D eigenvalue weighted by atomic mass is 10.1. The number of aldehydes is 1. The van der Waals surface area contributed by atoms with E-state index in [0.29, 0.717) is 22.5 Å². The third kappa shape index (κ3) is 2.42. The summed E-state index contributed by atoms with van der Waals surface area (Å²) in [6, 6.07) is 7.75. The molecule has 0 saturated carbocycles. The second-order valence-electron chi connectivity index (χ2n) is 5.20. The Kier molecular flexibility index (Phi) is 3.84. The van der Waals surface area contributed by atoms with Gasteiger partial charge in [0.15, 0.2) is 6.29 Å². The second-order valence-corrected chi connectivity index (χ2v) is 5.20. The molecule has 0 bridgehead atoms. The van der Waals surface area contributed by atoms with E-state index in [4.69, 9.17) is 5.73 Å². The van der Waals surface area contributed by atoms with Gasteiger partial charge < -0.3 is 15.2 Å². The first-order valence-corrected chi connectivity index (χ1v) is 6.63. The van der Waals surface area contributed by atoms with Crippen LogP contribution in [-0.2, 0) is 0 Å². The topological polar surface area (TPSA) is 68.3 Å². The molecule has 0 aliphatic heterocycles. The molecule has 0 saturated heterocycles. The van der Waals surface area contributed by atoms with Crippen LogP contribution in [0, 0.1) is 13.8 Å². The van der Waals surface area contributed by atoms with E-state index < -0.39 is 5.91 Å². The van der Waals surface area contributed by atoms with Crippen molar-refractivity contribution in [1.82, 2.24) is 4.57 Å². The van der Waals surface area contributed by atoms with Crippen molar-refractivity contribution in [3.8, 4) is 5.69 Å². The fourth-order valence-corrected chi connectivity index (χ4v) is 2.60. The number of rotatable bonds is 4. The second kappa shape index (κ2) is 5.44. The average molecular weight is 285 g/mol. The Morgan fingerprint density at radius 2 is 1.76 bits per heavy atom. The lowest BCUT2D eigenvalue weighted by Gasteiger charge is -2.14. The number of nitrogens with zero attached hydrogens (tertiary/aromatic N) is 2. The average Bonchev–Trinajstić information content (AvgIpc) is 2.69. The minimum atomic E-state index is -0.517. The lowest BCUT2D eigenvalue weighted by molar-refractivity contribution is 0.0999. The Morgan fingerprint density at radius 3 is 2.19 bits per heavy atom. The summed E-state index contributed by atoms with van der Waals surface area (Å²) < 4.78 is 1.77. The molecule has 5 heteroatoms. The quantitative estimate of drug-likeness (QED) is 0.874. The molecule has 0 atom stereocenters. The van der Waals surface area contributed by atoms with E-state index in [9.17, 15) is 9.59 Å². The number of anilines is 1. The van der Waals surface area contributed by atoms with Crippen molar-refractivity contribution >= 4 is 17.9 Å². The number of amides is 1. The molecule has 0 aliphatic rings. The van der Waals surface area contributed by atoms with Crippen LogP contribution in [0.25, 0.3) is 5.69 Å². The standard InChI is InChI=1S/C16H19N3O2/c1-10-14(9-20)19(11(2)15(10)16(17)21)13-7-5-12(6-8-13)18(3)4/h5-9H,1-4H3,(H2,17,21). The van der Waals surface area contributed by atoms with Crippen molar-refractivity contribution < 1.29 is 9.59 Å². The molecule has 21 heavy (non-hydrogen) atoms. The van der Waals surface area contributed by atoms with Crippen LogP contribution in [0.5, 0.6) is 0 Å². The molecule has 1 aromatic carbocycles. The Labute approximate surface area is 124 Å². The van der Waals surface area contributed by atoms with Crippen LogP contribution in [0.4, 0.5) is 5.69 Å². The van der Waals surface area contributed by atoms with Crippen molar-refractivity contribution in [3.63, 3.8) is 0 Å². The van der Waals surface area contributed by atoms with E-state index in [0.717, 1.165) is 17.7 Å². The highest BCUT2D eigenvalue weighted by atomic mass is 16.1. The molecular formula is C16H19N3O2. The number of nitrogens with two attached hydrogens (primary N) is 1. The normalized spacial score (nSPS) is 10.5. The number of aromatic nitrogens is 1. The fourth-order valence-electron chi connectivity index (χ4n) is 2.60. The van der Waals surface area contributed by atoms with Gasteiger partial charge in [0.1, 0.15) is 0 Å². The van der Waals surface area contributed by atoms with Crippen LogP contribution < -0.4 is 10.6 Å². The predicted octanol–water partition coefficient (Wildman–Crippen LogP) is 2.07. The molecule has 0 unspecified atom stereocenters. The Morgan fingerprint density at radius 1 is 1.19 bits per heavy atom. The van der Waals surface area contributed by atoms with Gasteiger partial charge in [-0.05, 0) is 43.7 Å². The lowest BCUT2D eigenvalue weighted by Crippen LogP contribution is -2.13. The van der Waals surface area contributed by atoms with E-state index in [1.165, 1.54) is 0 Å². The minimum Gasteiger partial charge on any atom is -0.378 e. The predicted molar refractivity (Wildman–Crippen MR) is 83.5 cm³/mol. The molecule has 5 nitrogen and oxygen atoms in total. The van der Waals surface area contributed by atoms with Crippen LogP contribution in [-0.4, -0.2) is 30.9 Å². The molecule has 0 spiro atoms. The van der Waals surface area contributed by atoms with Crippen molar-refractivity contribution in [2.45, 2.75) is 13.8 Å². The number of benzene rings is 1. The summed E-state index contributed by atoms with van der Waals surface area (Å²) in [6.07, 6.45) is 0.759. The highest BCUT2D eigenvalue weighted by molar-refractivity contribution is 5.98. The van der Waals surface area contributed by atoms with E-state index >= 15 is 0 Å². The van der Waals surface area contributed by atoms with Gasteiger partial charge in [-0.3, -0.25) is 9.59 Å². The van der Waals surface area contributed by atoms with Gasteiger partial charge in [0.25, 0.3) is 5.91 Å². The van der Waals surface area contributed by atoms with Gasteiger partial charge in [0, 0.05) is 31.2 Å². The largest absolute Gasteiger partial charge is 0.378 e. The van der Waals surface area contributed by atoms with E-state index in [1.807, 2.05) is 43.3 Å². The zero-order chi connectivity index (χ0) is 15.7. The molecule has 0 fully saturated rings. The zero-order valence-corrected chi connectivity index (χ0v) is 12.7. The van der Waals surface area contributed by atoms with Crippen LogP contribution in [0.15, 0.2) is 24.3 Å². The zero-order valence-electron chi connectivity index (χ0n) is 12.7. The van der Waals surface area contributed by atoms with Gasteiger partial charge in [0.2, 0.25) is 0 Å². The minimum absolute atomic E-state index is 0.411. The number of carbonyl (C=O) groups excluding carboxylic acids is 2. The summed E-state index contributed by atoms with van der Waals surface area (Å²) in [7, 11) is 3.92. The summed E-state index contributed by atoms with van der Waals surface area (Å²) in [5, 5.41) is 0. The van der Waals surface area contributed by atoms with Crippen LogP contribution in [0.3, 0.4) is 0 Å². The first-order valence-electron chi connectivity index (χ1n) is 6.63. The van der Waals surface area contributed by atoms with Gasteiger partial charge in [0.05, 0.1) is 11.3 Å². The SMILES string of the molecule is Cc1c(C(N)=O)c(C)n(-c2ccc(N(C)C)cc2)c1C=O. The highest BCUT2D eigenvalue weighted by Crippen LogP contribution is 2.26. The smallest absolute Gasteiger partial charge is 0.250 e. The molecule has 0 aliphatic carbocycles. The maximum Gasteiger partial charge on any atom is 0.250 e. The van der Waals surface area contributed by atoms with Gasteiger partial charge >= 0.3 is 0 Å². The number of primary amides is 1. The van der Waals surface area contributed by atoms with Crippen LogP contribution in [0.2, 0.25) is 0 Å². The molecule has 2 N–H and O–H groups in total. The maximum atomic E-state index is 11.6. The fraction of sp³-hybridized carbons (Fsp3) is 0.250. The Balaban J connectivity index is 2.65. The third-order valence-corrected chi connectivity index (χ3v) is 3.68. The molecule has 110 valence electrons. The Bertz CT molecular complexity index is 697. The molecule has 1 amide bonds. The molecule has 1 heterocycles. The molecule has 1 aromatic heterocycles. The van der Waals surface area contributed by atoms with Crippen molar-refractivity contribution in [2.75, 3.05) is 19.0 Å². The number of hydrogen-bond acceptors (Lipinski definition) is 3. The molecular weight excluding hydrogens is 266 g/mol. The van der Waals surface area contributed by atoms with Crippen molar-refractivity contribution in [2.24, 2.45) is 5.73 Å². The summed E-state index contributed by atoms with van der Waals surface area (Å²) in [4.78, 5) is 25.0. The first kappa shape index (κ1) is 14.8. The summed E-state index contributed by atoms with van der Waals surface area (Å²) >= 11 is 0. The molecule has 0 radical (unpaired) electrons. The van der Waals surface area contributed by atoms with E-state index in [2.05, 4.69) is 0 Å². The van der Waals surface area contributed by atoms with Gasteiger partial charge in [-0.15, -0.1) is 0 Å². The van der Waals surface area contributed by atoms with Crippen molar-refractivity contribution in [3.05, 3.63) is 46.8 Å². The van der Waals surface area contributed by atoms with E-state index in [1.54, 1.807) is 18.4 Å².